The molecule has 0 aromatic heterocycles. The van der Waals surface area contributed by atoms with Crippen LogP contribution < -0.4 is 11.3 Å². The van der Waals surface area contributed by atoms with Gasteiger partial charge in [0.25, 0.3) is 0 Å². The molecule has 1 rings (SSSR count). The molecule has 0 spiro atoms. The molecule has 1 aliphatic heterocycles. The third-order valence-corrected chi connectivity index (χ3v) is 2.46. The van der Waals surface area contributed by atoms with Gasteiger partial charge in [-0.25, -0.2) is 10.8 Å². The van der Waals surface area contributed by atoms with Crippen LogP contribution in [0.1, 0.15) is 6.42 Å². The lowest BCUT2D eigenvalue weighted by atomic mass is 10.3. The Bertz CT molecular complexity index is 210. The van der Waals surface area contributed by atoms with Crippen LogP contribution in [0.25, 0.3) is 0 Å². The van der Waals surface area contributed by atoms with E-state index in [1.807, 2.05) is 0 Å². The van der Waals surface area contributed by atoms with Crippen molar-refractivity contribution in [2.75, 3.05) is 40.5 Å². The number of rotatable bonds is 4. The Kier molecular flexibility index (Phi) is 5.38. The molecule has 1 saturated heterocycles. The Labute approximate surface area is 90.4 Å². The first kappa shape index (κ1) is 12.2. The van der Waals surface area contributed by atoms with Crippen molar-refractivity contribution in [2.24, 2.45) is 10.8 Å². The van der Waals surface area contributed by atoms with E-state index in [1.165, 1.54) is 0 Å². The van der Waals surface area contributed by atoms with Crippen LogP contribution in [0, 0.1) is 0 Å². The third-order valence-electron chi connectivity index (χ3n) is 2.46. The highest BCUT2D eigenvalue weighted by molar-refractivity contribution is 5.79. The van der Waals surface area contributed by atoms with Gasteiger partial charge in [0.1, 0.15) is 0 Å². The zero-order valence-corrected chi connectivity index (χ0v) is 9.40. The zero-order valence-electron chi connectivity index (χ0n) is 9.40. The summed E-state index contributed by atoms with van der Waals surface area (Å²) in [5.41, 5.74) is 2.61. The number of nitrogens with one attached hydrogen (secondary N) is 1. The van der Waals surface area contributed by atoms with Gasteiger partial charge in [-0.1, -0.05) is 0 Å². The standard InChI is InChI=1S/C9H20N4O2/c1-14-6-4-11-9(12-10)13-5-3-8(7-13)15-2/h8H,3-7,10H2,1-2H3,(H,11,12). The first-order valence-electron chi connectivity index (χ1n) is 5.09. The Balaban J connectivity index is 2.41. The summed E-state index contributed by atoms with van der Waals surface area (Å²) in [6, 6.07) is 0. The number of hydrogen-bond acceptors (Lipinski definition) is 4. The average Bonchev–Trinajstić information content (AvgIpc) is 2.73. The van der Waals surface area contributed by atoms with Gasteiger partial charge in [-0.15, -0.1) is 0 Å². The predicted octanol–water partition coefficient (Wildman–Crippen LogP) is -0.827. The van der Waals surface area contributed by atoms with Gasteiger partial charge >= 0.3 is 0 Å². The van der Waals surface area contributed by atoms with E-state index < -0.39 is 0 Å². The number of aliphatic imine (C=N–C) groups is 1. The molecule has 0 aromatic rings. The van der Waals surface area contributed by atoms with Crippen molar-refractivity contribution in [3.63, 3.8) is 0 Å². The number of hydrogen-bond donors (Lipinski definition) is 2. The van der Waals surface area contributed by atoms with Crippen LogP contribution in [0.3, 0.4) is 0 Å². The van der Waals surface area contributed by atoms with Crippen molar-refractivity contribution in [1.29, 1.82) is 0 Å². The van der Waals surface area contributed by atoms with E-state index in [1.54, 1.807) is 14.2 Å². The molecule has 6 nitrogen and oxygen atoms in total. The van der Waals surface area contributed by atoms with Crippen molar-refractivity contribution in [2.45, 2.75) is 12.5 Å². The van der Waals surface area contributed by atoms with Gasteiger partial charge in [-0.3, -0.25) is 5.43 Å². The minimum Gasteiger partial charge on any atom is -0.383 e. The van der Waals surface area contributed by atoms with E-state index in [-0.39, 0.29) is 6.10 Å². The Morgan fingerprint density at radius 1 is 1.60 bits per heavy atom. The number of ether oxygens (including phenoxy) is 2. The average molecular weight is 216 g/mol. The molecular weight excluding hydrogens is 196 g/mol. The molecule has 15 heavy (non-hydrogen) atoms. The van der Waals surface area contributed by atoms with Crippen molar-refractivity contribution < 1.29 is 9.47 Å². The summed E-state index contributed by atoms with van der Waals surface area (Å²) in [5.74, 6) is 6.13. The summed E-state index contributed by atoms with van der Waals surface area (Å²) in [6.07, 6.45) is 1.30. The fourth-order valence-corrected chi connectivity index (χ4v) is 1.59. The molecule has 0 aromatic carbocycles. The maximum absolute atomic E-state index is 5.42. The van der Waals surface area contributed by atoms with Gasteiger partial charge in [-0.05, 0) is 6.42 Å². The van der Waals surface area contributed by atoms with E-state index in [0.717, 1.165) is 19.5 Å². The second-order valence-electron chi connectivity index (χ2n) is 3.43. The fourth-order valence-electron chi connectivity index (χ4n) is 1.59. The molecule has 0 amide bonds. The van der Waals surface area contributed by atoms with E-state index in [2.05, 4.69) is 15.3 Å². The number of nitrogens with two attached hydrogens (primary N) is 1. The van der Waals surface area contributed by atoms with Gasteiger partial charge in [-0.2, -0.15) is 0 Å². The maximum Gasteiger partial charge on any atom is 0.208 e. The molecule has 1 atom stereocenters. The van der Waals surface area contributed by atoms with Crippen LogP contribution in [0.2, 0.25) is 0 Å². The molecule has 1 aliphatic rings. The minimum absolute atomic E-state index is 0.283. The maximum atomic E-state index is 5.42. The SMILES string of the molecule is COCCN=C(NN)N1CCC(OC)C1. The van der Waals surface area contributed by atoms with E-state index in [4.69, 9.17) is 15.3 Å². The highest BCUT2D eigenvalue weighted by atomic mass is 16.5. The highest BCUT2D eigenvalue weighted by Crippen LogP contribution is 2.11. The molecule has 88 valence electrons. The van der Waals surface area contributed by atoms with Crippen LogP contribution in [-0.4, -0.2) is 57.4 Å². The molecular formula is C9H20N4O2. The van der Waals surface area contributed by atoms with Crippen LogP contribution in [-0.2, 0) is 9.47 Å². The molecule has 0 radical (unpaired) electrons. The topological polar surface area (TPSA) is 72.1 Å². The third kappa shape index (κ3) is 3.65. The second-order valence-corrected chi connectivity index (χ2v) is 3.43. The van der Waals surface area contributed by atoms with Crippen LogP contribution >= 0.6 is 0 Å². The van der Waals surface area contributed by atoms with Gasteiger partial charge in [0.15, 0.2) is 0 Å². The number of hydrazine groups is 1. The van der Waals surface area contributed by atoms with Crippen LogP contribution in [0.5, 0.6) is 0 Å². The molecule has 3 N–H and O–H groups in total. The lowest BCUT2D eigenvalue weighted by Gasteiger charge is -2.19. The second kappa shape index (κ2) is 6.60. The molecule has 1 fully saturated rings. The van der Waals surface area contributed by atoms with E-state index in [0.29, 0.717) is 19.1 Å². The lowest BCUT2D eigenvalue weighted by Crippen LogP contribution is -2.44. The summed E-state index contributed by atoms with van der Waals surface area (Å²) in [4.78, 5) is 6.40. The van der Waals surface area contributed by atoms with E-state index >= 15 is 0 Å². The zero-order chi connectivity index (χ0) is 11.1. The first-order chi connectivity index (χ1) is 7.31. The molecule has 1 heterocycles. The molecule has 1 unspecified atom stereocenters. The van der Waals surface area contributed by atoms with E-state index in [9.17, 15) is 0 Å². The summed E-state index contributed by atoms with van der Waals surface area (Å²) >= 11 is 0. The minimum atomic E-state index is 0.283. The number of methoxy groups -OCH3 is 2. The highest BCUT2D eigenvalue weighted by Gasteiger charge is 2.24. The largest absolute Gasteiger partial charge is 0.383 e. The van der Waals surface area contributed by atoms with Crippen LogP contribution in [0.4, 0.5) is 0 Å². The summed E-state index contributed by atoms with van der Waals surface area (Å²) < 4.78 is 10.2. The van der Waals surface area contributed by atoms with Crippen LogP contribution in [0.15, 0.2) is 4.99 Å². The quantitative estimate of drug-likeness (QED) is 0.211. The first-order valence-corrected chi connectivity index (χ1v) is 5.09. The molecule has 6 heteroatoms. The van der Waals surface area contributed by atoms with Gasteiger partial charge in [0.2, 0.25) is 5.96 Å². The van der Waals surface area contributed by atoms with Crippen molar-refractivity contribution >= 4 is 5.96 Å². The smallest absolute Gasteiger partial charge is 0.208 e. The number of likely N-dealkylation sites (tertiary alicyclic amines) is 1. The van der Waals surface area contributed by atoms with Gasteiger partial charge in [0.05, 0.1) is 19.3 Å². The fraction of sp³-hybridized carbons (Fsp3) is 0.889. The summed E-state index contributed by atoms with van der Waals surface area (Å²) in [5, 5.41) is 0. The number of guanidine groups is 1. The molecule has 0 saturated carbocycles. The number of nitrogens with zero attached hydrogens (tertiary/aromatic N) is 2. The van der Waals surface area contributed by atoms with Gasteiger partial charge in [0, 0.05) is 27.3 Å². The van der Waals surface area contributed by atoms with Crippen molar-refractivity contribution in [3.05, 3.63) is 0 Å². The molecule has 0 aliphatic carbocycles. The summed E-state index contributed by atoms with van der Waals surface area (Å²) in [7, 11) is 3.38. The predicted molar refractivity (Wildman–Crippen MR) is 58.5 cm³/mol. The van der Waals surface area contributed by atoms with Crippen molar-refractivity contribution in [1.82, 2.24) is 10.3 Å². The van der Waals surface area contributed by atoms with Crippen molar-refractivity contribution in [3.8, 4) is 0 Å². The normalized spacial score (nSPS) is 22.2. The lowest BCUT2D eigenvalue weighted by molar-refractivity contribution is 0.114. The Morgan fingerprint density at radius 3 is 2.93 bits per heavy atom. The Morgan fingerprint density at radius 2 is 2.40 bits per heavy atom. The Hall–Kier alpha value is -0.850. The summed E-state index contributed by atoms with van der Waals surface area (Å²) in [6.45, 7) is 2.98. The van der Waals surface area contributed by atoms with Gasteiger partial charge < -0.3 is 14.4 Å². The molecule has 0 bridgehead atoms. The monoisotopic (exact) mass is 216 g/mol.